The van der Waals surface area contributed by atoms with E-state index >= 15 is 0 Å². The van der Waals surface area contributed by atoms with E-state index < -0.39 is 0 Å². The van der Waals surface area contributed by atoms with E-state index in [2.05, 4.69) is 34.6 Å². The smallest absolute Gasteiger partial charge is 0.0965 e. The Kier molecular flexibility index (Phi) is 2.35. The van der Waals surface area contributed by atoms with Gasteiger partial charge in [-0.3, -0.25) is 4.98 Å². The highest BCUT2D eigenvalue weighted by Gasteiger charge is 2.22. The summed E-state index contributed by atoms with van der Waals surface area (Å²) in [6, 6.07) is 8.73. The standard InChI is InChI=1S/C16H16N2O/c19-15-4-2-12-8-13(9-18-16(12)15)10-1-3-14-11(7-10)5-6-17-14/h1,3,7-9,15,17,19H,2,4-6H2. The van der Waals surface area contributed by atoms with Gasteiger partial charge in [0.2, 0.25) is 0 Å². The number of benzene rings is 1. The fourth-order valence-corrected chi connectivity index (χ4v) is 3.09. The maximum atomic E-state index is 9.80. The zero-order chi connectivity index (χ0) is 12.8. The molecule has 0 bridgehead atoms. The summed E-state index contributed by atoms with van der Waals surface area (Å²) in [6.07, 6.45) is 4.36. The number of hydrogen-bond donors (Lipinski definition) is 2. The van der Waals surface area contributed by atoms with Crippen LogP contribution in [0.1, 0.15) is 29.3 Å². The van der Waals surface area contributed by atoms with Gasteiger partial charge in [-0.1, -0.05) is 6.07 Å². The Bertz CT molecular complexity index is 651. The zero-order valence-electron chi connectivity index (χ0n) is 10.7. The molecule has 96 valence electrons. The van der Waals surface area contributed by atoms with Crippen LogP contribution >= 0.6 is 0 Å². The number of aryl methyl sites for hydroxylation is 1. The van der Waals surface area contributed by atoms with E-state index in [4.69, 9.17) is 0 Å². The number of aliphatic hydroxyl groups is 1. The largest absolute Gasteiger partial charge is 0.387 e. The van der Waals surface area contributed by atoms with E-state index in [1.807, 2.05) is 6.20 Å². The summed E-state index contributed by atoms with van der Waals surface area (Å²) < 4.78 is 0. The van der Waals surface area contributed by atoms with Crippen molar-refractivity contribution >= 4 is 5.69 Å². The number of hydrogen-bond acceptors (Lipinski definition) is 3. The molecule has 1 aromatic heterocycles. The predicted octanol–water partition coefficient (Wildman–Crippen LogP) is 2.70. The summed E-state index contributed by atoms with van der Waals surface area (Å²) in [5, 5.41) is 13.2. The molecular weight excluding hydrogens is 236 g/mol. The van der Waals surface area contributed by atoms with Crippen LogP contribution in [0, 0.1) is 0 Å². The molecule has 1 atom stereocenters. The van der Waals surface area contributed by atoms with Gasteiger partial charge >= 0.3 is 0 Å². The summed E-state index contributed by atoms with van der Waals surface area (Å²) in [4.78, 5) is 4.44. The Morgan fingerprint density at radius 1 is 1.11 bits per heavy atom. The van der Waals surface area contributed by atoms with Crippen molar-refractivity contribution in [3.05, 3.63) is 47.3 Å². The molecule has 0 radical (unpaired) electrons. The molecule has 4 rings (SSSR count). The van der Waals surface area contributed by atoms with E-state index in [1.165, 1.54) is 22.4 Å². The minimum absolute atomic E-state index is 0.367. The van der Waals surface area contributed by atoms with Crippen LogP contribution in [0.3, 0.4) is 0 Å². The van der Waals surface area contributed by atoms with Crippen molar-refractivity contribution in [2.45, 2.75) is 25.4 Å². The van der Waals surface area contributed by atoms with Gasteiger partial charge in [0.15, 0.2) is 0 Å². The van der Waals surface area contributed by atoms with Crippen LogP contribution in [-0.2, 0) is 12.8 Å². The summed E-state index contributed by atoms with van der Waals surface area (Å²) in [6.45, 7) is 1.04. The summed E-state index contributed by atoms with van der Waals surface area (Å²) in [5.74, 6) is 0. The minimum atomic E-state index is -0.367. The quantitative estimate of drug-likeness (QED) is 0.820. The number of nitrogens with zero attached hydrogens (tertiary/aromatic N) is 1. The van der Waals surface area contributed by atoms with Crippen LogP contribution in [0.15, 0.2) is 30.5 Å². The molecule has 2 aliphatic rings. The van der Waals surface area contributed by atoms with E-state index in [0.29, 0.717) is 0 Å². The highest BCUT2D eigenvalue weighted by Crippen LogP contribution is 2.33. The Morgan fingerprint density at radius 3 is 2.95 bits per heavy atom. The molecule has 1 aromatic carbocycles. The Balaban J connectivity index is 1.77. The number of aliphatic hydroxyl groups excluding tert-OH is 1. The maximum absolute atomic E-state index is 9.80. The number of fused-ring (bicyclic) bond motifs is 2. The van der Waals surface area contributed by atoms with Gasteiger partial charge in [0.1, 0.15) is 0 Å². The Labute approximate surface area is 112 Å². The normalized spacial score (nSPS) is 19.9. The lowest BCUT2D eigenvalue weighted by Crippen LogP contribution is -1.95. The molecule has 0 fully saturated rings. The van der Waals surface area contributed by atoms with Crippen molar-refractivity contribution < 1.29 is 5.11 Å². The van der Waals surface area contributed by atoms with Crippen molar-refractivity contribution in [3.8, 4) is 11.1 Å². The van der Waals surface area contributed by atoms with Crippen LogP contribution < -0.4 is 5.32 Å². The van der Waals surface area contributed by atoms with Gasteiger partial charge in [-0.05, 0) is 54.2 Å². The number of nitrogens with one attached hydrogen (secondary N) is 1. The third-order valence-corrected chi connectivity index (χ3v) is 4.15. The average molecular weight is 252 g/mol. The lowest BCUT2D eigenvalue weighted by molar-refractivity contribution is 0.176. The molecule has 1 aliphatic heterocycles. The van der Waals surface area contributed by atoms with Crippen LogP contribution in [0.2, 0.25) is 0 Å². The van der Waals surface area contributed by atoms with Crippen LogP contribution in [0.5, 0.6) is 0 Å². The van der Waals surface area contributed by atoms with Crippen molar-refractivity contribution in [1.29, 1.82) is 0 Å². The highest BCUT2D eigenvalue weighted by atomic mass is 16.3. The molecule has 0 amide bonds. The van der Waals surface area contributed by atoms with E-state index in [1.54, 1.807) is 0 Å². The fraction of sp³-hybridized carbons (Fsp3) is 0.312. The molecule has 0 saturated heterocycles. The lowest BCUT2D eigenvalue weighted by atomic mass is 10.0. The molecule has 0 spiro atoms. The molecule has 3 heteroatoms. The first kappa shape index (κ1) is 11.0. The molecule has 2 N–H and O–H groups in total. The second-order valence-electron chi connectivity index (χ2n) is 5.37. The molecule has 3 nitrogen and oxygen atoms in total. The molecule has 1 unspecified atom stereocenters. The van der Waals surface area contributed by atoms with Gasteiger partial charge in [0.05, 0.1) is 11.8 Å². The van der Waals surface area contributed by atoms with Gasteiger partial charge in [-0.15, -0.1) is 0 Å². The van der Waals surface area contributed by atoms with Crippen molar-refractivity contribution in [2.75, 3.05) is 11.9 Å². The first-order valence-electron chi connectivity index (χ1n) is 6.85. The Hall–Kier alpha value is -1.87. The van der Waals surface area contributed by atoms with Gasteiger partial charge in [0, 0.05) is 24.0 Å². The summed E-state index contributed by atoms with van der Waals surface area (Å²) >= 11 is 0. The van der Waals surface area contributed by atoms with Crippen molar-refractivity contribution in [2.24, 2.45) is 0 Å². The number of anilines is 1. The maximum Gasteiger partial charge on any atom is 0.0965 e. The van der Waals surface area contributed by atoms with Gasteiger partial charge in [-0.2, -0.15) is 0 Å². The van der Waals surface area contributed by atoms with Crippen molar-refractivity contribution in [1.82, 2.24) is 4.98 Å². The summed E-state index contributed by atoms with van der Waals surface area (Å²) in [7, 11) is 0. The second kappa shape index (κ2) is 4.07. The summed E-state index contributed by atoms with van der Waals surface area (Å²) in [5.41, 5.74) is 7.09. The number of pyridine rings is 1. The monoisotopic (exact) mass is 252 g/mol. The molecule has 1 aliphatic carbocycles. The molecule has 2 heterocycles. The van der Waals surface area contributed by atoms with Gasteiger partial charge in [-0.25, -0.2) is 0 Å². The lowest BCUT2D eigenvalue weighted by Gasteiger charge is -2.08. The first-order chi connectivity index (χ1) is 9.31. The number of aromatic nitrogens is 1. The SMILES string of the molecule is OC1CCc2cc(-c3ccc4c(c3)CCN4)cnc21. The van der Waals surface area contributed by atoms with Crippen LogP contribution in [0.4, 0.5) is 5.69 Å². The molecular formula is C16H16N2O. The predicted molar refractivity (Wildman–Crippen MR) is 75.1 cm³/mol. The minimum Gasteiger partial charge on any atom is -0.387 e. The third-order valence-electron chi connectivity index (χ3n) is 4.15. The van der Waals surface area contributed by atoms with E-state index in [9.17, 15) is 5.11 Å². The van der Waals surface area contributed by atoms with Gasteiger partial charge in [0.25, 0.3) is 0 Å². The van der Waals surface area contributed by atoms with E-state index in [-0.39, 0.29) is 6.10 Å². The average Bonchev–Trinajstić information content (AvgIpc) is 3.04. The van der Waals surface area contributed by atoms with Gasteiger partial charge < -0.3 is 10.4 Å². The highest BCUT2D eigenvalue weighted by molar-refractivity contribution is 5.70. The zero-order valence-corrected chi connectivity index (χ0v) is 10.7. The topological polar surface area (TPSA) is 45.1 Å². The Morgan fingerprint density at radius 2 is 2.00 bits per heavy atom. The third kappa shape index (κ3) is 1.73. The van der Waals surface area contributed by atoms with E-state index in [0.717, 1.165) is 37.1 Å². The van der Waals surface area contributed by atoms with Crippen LogP contribution in [-0.4, -0.2) is 16.6 Å². The number of rotatable bonds is 1. The second-order valence-corrected chi connectivity index (χ2v) is 5.37. The fourth-order valence-electron chi connectivity index (χ4n) is 3.09. The van der Waals surface area contributed by atoms with Crippen LogP contribution in [0.25, 0.3) is 11.1 Å². The molecule has 19 heavy (non-hydrogen) atoms. The molecule has 2 aromatic rings. The van der Waals surface area contributed by atoms with Crippen molar-refractivity contribution in [3.63, 3.8) is 0 Å². The first-order valence-corrected chi connectivity index (χ1v) is 6.85. The molecule has 0 saturated carbocycles.